The Morgan fingerprint density at radius 2 is 1.51 bits per heavy atom. The molecule has 10 nitrogen and oxygen atoms in total. The van der Waals surface area contributed by atoms with E-state index in [4.69, 9.17) is 18.9 Å². The van der Waals surface area contributed by atoms with Crippen molar-refractivity contribution in [2.24, 2.45) is 0 Å². The zero-order chi connectivity index (χ0) is 25.6. The molecule has 186 valence electrons. The molecular weight excluding hydrogens is 460 g/mol. The van der Waals surface area contributed by atoms with Crippen molar-refractivity contribution in [1.29, 1.82) is 0 Å². The fourth-order valence-corrected chi connectivity index (χ4v) is 4.56. The van der Waals surface area contributed by atoms with Gasteiger partial charge < -0.3 is 34.3 Å². The molecule has 0 spiro atoms. The molecule has 1 aliphatic heterocycles. The van der Waals surface area contributed by atoms with Crippen molar-refractivity contribution in [3.8, 4) is 17.2 Å². The summed E-state index contributed by atoms with van der Waals surface area (Å²) >= 11 is 0. The average Bonchev–Trinajstić information content (AvgIpc) is 2.72. The van der Waals surface area contributed by atoms with Gasteiger partial charge in [-0.25, -0.2) is 0 Å². The summed E-state index contributed by atoms with van der Waals surface area (Å²) in [5.41, 5.74) is 2.04. The van der Waals surface area contributed by atoms with E-state index in [0.29, 0.717) is 11.1 Å². The summed E-state index contributed by atoms with van der Waals surface area (Å²) in [7, 11) is 0. The Bertz CT molecular complexity index is 1200. The molecule has 1 saturated heterocycles. The van der Waals surface area contributed by atoms with Crippen LogP contribution >= 0.6 is 0 Å². The van der Waals surface area contributed by atoms with Crippen molar-refractivity contribution in [3.63, 3.8) is 0 Å². The lowest BCUT2D eigenvalue weighted by atomic mass is 9.83. The maximum atomic E-state index is 13.0. The Kier molecular flexibility index (Phi) is 6.44. The first kappa shape index (κ1) is 24.5. The number of aryl methyl sites for hydroxylation is 1. The molecule has 3 N–H and O–H groups in total. The van der Waals surface area contributed by atoms with Gasteiger partial charge in [0.2, 0.25) is 18.2 Å². The Labute approximate surface area is 201 Å². The van der Waals surface area contributed by atoms with Crippen molar-refractivity contribution >= 4 is 17.7 Å². The molecule has 1 fully saturated rings. The summed E-state index contributed by atoms with van der Waals surface area (Å²) in [4.78, 5) is 36.4. The Hall–Kier alpha value is -3.63. The maximum Gasteiger partial charge on any atom is 0.303 e. The number of hydrogen-bond donors (Lipinski definition) is 3. The van der Waals surface area contributed by atoms with Gasteiger partial charge in [0.15, 0.2) is 6.10 Å². The molecule has 0 amide bonds. The summed E-state index contributed by atoms with van der Waals surface area (Å²) in [5, 5.41) is 31.4. The van der Waals surface area contributed by atoms with E-state index < -0.39 is 48.4 Å². The number of aliphatic hydroxyl groups is 1. The normalized spacial score (nSPS) is 25.3. The van der Waals surface area contributed by atoms with Crippen LogP contribution in [0.1, 0.15) is 53.4 Å². The minimum atomic E-state index is -1.30. The Morgan fingerprint density at radius 3 is 2.14 bits per heavy atom. The fourth-order valence-electron chi connectivity index (χ4n) is 4.56. The molecule has 0 saturated carbocycles. The third-order valence-electron chi connectivity index (χ3n) is 5.97. The Morgan fingerprint density at radius 1 is 0.943 bits per heavy atom. The molecule has 0 radical (unpaired) electrons. The SMILES string of the molecule is CC(=O)O[C@@H]1[C@H](O)[C@H](C)O[C@@H](Oc2cc(O)c3c(c2)Cc2cc(C)cc(O)c2C3=O)[C@@H]1OC(C)=O. The maximum absolute atomic E-state index is 13.0. The number of fused-ring (bicyclic) bond motifs is 2. The van der Waals surface area contributed by atoms with E-state index in [1.165, 1.54) is 19.1 Å². The molecular formula is C25H26O10. The average molecular weight is 486 g/mol. The van der Waals surface area contributed by atoms with E-state index in [1.54, 1.807) is 19.1 Å². The summed E-state index contributed by atoms with van der Waals surface area (Å²) in [6.45, 7) is 5.64. The first-order valence-electron chi connectivity index (χ1n) is 11.0. The number of hydrogen-bond acceptors (Lipinski definition) is 10. The molecule has 2 aromatic rings. The first-order chi connectivity index (χ1) is 16.5. The molecule has 2 aliphatic rings. The molecule has 1 heterocycles. The number of phenols is 2. The number of esters is 2. The van der Waals surface area contributed by atoms with Crippen LogP contribution in [-0.2, 0) is 30.2 Å². The molecule has 0 aromatic heterocycles. The summed E-state index contributed by atoms with van der Waals surface area (Å²) in [6.07, 6.45) is -5.73. The van der Waals surface area contributed by atoms with Crippen molar-refractivity contribution in [2.75, 3.05) is 0 Å². The standard InChI is InChI=1S/C25H26O10/c1-10-5-14-7-15-8-16(9-18(29)20(15)22(31)19(14)17(28)6-10)35-25-24(34-13(4)27)23(33-12(3)26)21(30)11(2)32-25/h5-6,8-9,11,21,23-25,28-30H,7H2,1-4H3/t11-,21+,23+,24+,25-/m0/s1. The van der Waals surface area contributed by atoms with Gasteiger partial charge in [-0.1, -0.05) is 6.07 Å². The van der Waals surface area contributed by atoms with E-state index >= 15 is 0 Å². The quantitative estimate of drug-likeness (QED) is 0.467. The topological polar surface area (TPSA) is 149 Å². The fraction of sp³-hybridized carbons (Fsp3) is 0.400. The summed E-state index contributed by atoms with van der Waals surface area (Å²) in [6, 6.07) is 6.02. The molecule has 4 rings (SSSR count). The van der Waals surface area contributed by atoms with Gasteiger partial charge in [0, 0.05) is 19.9 Å². The van der Waals surface area contributed by atoms with Crippen LogP contribution in [0, 0.1) is 6.92 Å². The smallest absolute Gasteiger partial charge is 0.303 e. The lowest BCUT2D eigenvalue weighted by Gasteiger charge is -2.42. The number of benzene rings is 2. The zero-order valence-electron chi connectivity index (χ0n) is 19.6. The molecule has 2 aromatic carbocycles. The van der Waals surface area contributed by atoms with Crippen LogP contribution in [0.15, 0.2) is 24.3 Å². The van der Waals surface area contributed by atoms with E-state index in [2.05, 4.69) is 0 Å². The molecule has 0 unspecified atom stereocenters. The van der Waals surface area contributed by atoms with Crippen LogP contribution < -0.4 is 4.74 Å². The number of aromatic hydroxyl groups is 2. The number of phenolic OH excluding ortho intramolecular Hbond substituents is 2. The number of ether oxygens (including phenoxy) is 4. The summed E-state index contributed by atoms with van der Waals surface area (Å²) < 4.78 is 22.1. The second-order valence-electron chi connectivity index (χ2n) is 8.77. The first-order valence-corrected chi connectivity index (χ1v) is 11.0. The number of aliphatic hydroxyl groups excluding tert-OH is 1. The molecule has 10 heteroatoms. The van der Waals surface area contributed by atoms with Crippen molar-refractivity contribution in [3.05, 3.63) is 52.1 Å². The molecule has 0 bridgehead atoms. The number of ketones is 1. The lowest BCUT2D eigenvalue weighted by Crippen LogP contribution is -2.60. The number of carbonyl (C=O) groups is 3. The van der Waals surface area contributed by atoms with Gasteiger partial charge in [-0.15, -0.1) is 0 Å². The highest BCUT2D eigenvalue weighted by molar-refractivity contribution is 6.15. The zero-order valence-corrected chi connectivity index (χ0v) is 19.6. The second kappa shape index (κ2) is 9.20. The highest BCUT2D eigenvalue weighted by atomic mass is 16.7. The van der Waals surface area contributed by atoms with Crippen molar-refractivity contribution in [2.45, 2.75) is 64.8 Å². The van der Waals surface area contributed by atoms with E-state index in [1.807, 2.05) is 0 Å². The van der Waals surface area contributed by atoms with E-state index in [9.17, 15) is 29.7 Å². The molecule has 5 atom stereocenters. The highest BCUT2D eigenvalue weighted by Crippen LogP contribution is 2.40. The van der Waals surface area contributed by atoms with Gasteiger partial charge in [-0.2, -0.15) is 0 Å². The predicted molar refractivity (Wildman–Crippen MR) is 119 cm³/mol. The van der Waals surface area contributed by atoms with Crippen molar-refractivity contribution < 1.29 is 48.7 Å². The van der Waals surface area contributed by atoms with Crippen LogP contribution in [0.2, 0.25) is 0 Å². The third-order valence-corrected chi connectivity index (χ3v) is 5.97. The number of rotatable bonds is 4. The number of carbonyl (C=O) groups excluding carboxylic acids is 3. The van der Waals surface area contributed by atoms with E-state index in [0.717, 1.165) is 19.4 Å². The van der Waals surface area contributed by atoms with E-state index in [-0.39, 0.29) is 34.8 Å². The van der Waals surface area contributed by atoms with Crippen molar-refractivity contribution in [1.82, 2.24) is 0 Å². The second-order valence-corrected chi connectivity index (χ2v) is 8.77. The van der Waals surface area contributed by atoms with Crippen LogP contribution in [0.5, 0.6) is 17.2 Å². The molecule has 1 aliphatic carbocycles. The lowest BCUT2D eigenvalue weighted by molar-refractivity contribution is -0.277. The van der Waals surface area contributed by atoms with Gasteiger partial charge >= 0.3 is 11.9 Å². The largest absolute Gasteiger partial charge is 0.507 e. The Balaban J connectivity index is 1.68. The van der Waals surface area contributed by atoms with Gasteiger partial charge in [0.05, 0.1) is 17.2 Å². The van der Waals surface area contributed by atoms with Gasteiger partial charge in [0.25, 0.3) is 0 Å². The predicted octanol–water partition coefficient (Wildman–Crippen LogP) is 1.89. The highest BCUT2D eigenvalue weighted by Gasteiger charge is 2.49. The minimum Gasteiger partial charge on any atom is -0.507 e. The van der Waals surface area contributed by atoms with Crippen LogP contribution in [0.3, 0.4) is 0 Å². The van der Waals surface area contributed by atoms with Crippen LogP contribution in [0.25, 0.3) is 0 Å². The van der Waals surface area contributed by atoms with Gasteiger partial charge in [-0.3, -0.25) is 14.4 Å². The monoisotopic (exact) mass is 486 g/mol. The third kappa shape index (κ3) is 4.67. The molecule has 35 heavy (non-hydrogen) atoms. The van der Waals surface area contributed by atoms with Crippen LogP contribution in [0.4, 0.5) is 0 Å². The van der Waals surface area contributed by atoms with Gasteiger partial charge in [-0.05, 0) is 49.1 Å². The van der Waals surface area contributed by atoms with Gasteiger partial charge in [0.1, 0.15) is 23.4 Å². The summed E-state index contributed by atoms with van der Waals surface area (Å²) in [5.74, 6) is -2.34. The minimum absolute atomic E-state index is 0.0479. The van der Waals surface area contributed by atoms with Crippen LogP contribution in [-0.4, -0.2) is 63.7 Å².